The van der Waals surface area contributed by atoms with E-state index >= 15 is 0 Å². The zero-order chi connectivity index (χ0) is 18.8. The number of aromatic nitrogens is 3. The predicted octanol–water partition coefficient (Wildman–Crippen LogP) is 4.49. The summed E-state index contributed by atoms with van der Waals surface area (Å²) in [4.78, 5) is 12.4. The average molecular weight is 379 g/mol. The van der Waals surface area contributed by atoms with E-state index in [9.17, 15) is 4.79 Å². The normalized spacial score (nSPS) is 13.6. The minimum Gasteiger partial charge on any atom is -0.325 e. The second-order valence-corrected chi connectivity index (χ2v) is 7.86. The fraction of sp³-hybridized carbons (Fsp3) is 0.286. The minimum atomic E-state index is -0.0427. The van der Waals surface area contributed by atoms with Crippen LogP contribution in [0.1, 0.15) is 35.7 Å². The second-order valence-electron chi connectivity index (χ2n) is 6.92. The topological polar surface area (TPSA) is 59.8 Å². The predicted molar refractivity (Wildman–Crippen MR) is 109 cm³/mol. The van der Waals surface area contributed by atoms with Crippen molar-refractivity contribution in [3.63, 3.8) is 0 Å². The van der Waals surface area contributed by atoms with Gasteiger partial charge >= 0.3 is 0 Å². The standard InChI is InChI=1S/C21H22N4OS/c1-14-8-11-17(12-15(14)2)22-19(26)13-27-21-24-23-20(16-9-10-16)25(21)18-6-4-3-5-7-18/h3-8,11-12,16H,9-10,13H2,1-2H3,(H,22,26). The first-order valence-electron chi connectivity index (χ1n) is 9.12. The van der Waals surface area contributed by atoms with E-state index in [2.05, 4.69) is 39.1 Å². The maximum absolute atomic E-state index is 12.4. The molecule has 1 N–H and O–H groups in total. The number of para-hydroxylation sites is 1. The number of carbonyl (C=O) groups is 1. The summed E-state index contributed by atoms with van der Waals surface area (Å²) >= 11 is 1.42. The first-order valence-corrected chi connectivity index (χ1v) is 10.1. The molecule has 1 aliphatic carbocycles. The lowest BCUT2D eigenvalue weighted by Crippen LogP contribution is -2.14. The summed E-state index contributed by atoms with van der Waals surface area (Å²) in [7, 11) is 0. The molecule has 1 aromatic heterocycles. The molecule has 3 aromatic rings. The molecule has 4 rings (SSSR count). The van der Waals surface area contributed by atoms with Crippen molar-refractivity contribution in [2.24, 2.45) is 0 Å². The Balaban J connectivity index is 1.48. The molecule has 27 heavy (non-hydrogen) atoms. The zero-order valence-corrected chi connectivity index (χ0v) is 16.3. The van der Waals surface area contributed by atoms with Crippen molar-refractivity contribution in [1.82, 2.24) is 14.8 Å². The van der Waals surface area contributed by atoms with Crippen LogP contribution in [-0.4, -0.2) is 26.4 Å². The van der Waals surface area contributed by atoms with Crippen LogP contribution in [0.25, 0.3) is 5.69 Å². The molecule has 2 aromatic carbocycles. The summed E-state index contributed by atoms with van der Waals surface area (Å²) in [5, 5.41) is 12.5. The van der Waals surface area contributed by atoms with Crippen molar-refractivity contribution in [2.75, 3.05) is 11.1 Å². The first-order chi connectivity index (χ1) is 13.1. The molecular weight excluding hydrogens is 356 g/mol. The van der Waals surface area contributed by atoms with Gasteiger partial charge in [-0.05, 0) is 62.1 Å². The third-order valence-electron chi connectivity index (χ3n) is 4.74. The van der Waals surface area contributed by atoms with Gasteiger partial charge in [-0.2, -0.15) is 0 Å². The number of anilines is 1. The zero-order valence-electron chi connectivity index (χ0n) is 15.5. The van der Waals surface area contributed by atoms with Gasteiger partial charge in [-0.25, -0.2) is 0 Å². The lowest BCUT2D eigenvalue weighted by atomic mass is 10.1. The molecule has 0 aliphatic heterocycles. The van der Waals surface area contributed by atoms with Crippen molar-refractivity contribution < 1.29 is 4.79 Å². The highest BCUT2D eigenvalue weighted by Crippen LogP contribution is 2.41. The molecule has 0 radical (unpaired) electrons. The van der Waals surface area contributed by atoms with E-state index in [1.807, 2.05) is 43.3 Å². The monoisotopic (exact) mass is 378 g/mol. The van der Waals surface area contributed by atoms with Gasteiger partial charge in [0.1, 0.15) is 5.82 Å². The van der Waals surface area contributed by atoms with Crippen molar-refractivity contribution in [3.05, 3.63) is 65.5 Å². The Morgan fingerprint density at radius 1 is 1.11 bits per heavy atom. The van der Waals surface area contributed by atoms with Crippen LogP contribution in [0.2, 0.25) is 0 Å². The molecule has 5 nitrogen and oxygen atoms in total. The molecule has 0 bridgehead atoms. The molecule has 0 saturated heterocycles. The van der Waals surface area contributed by atoms with Crippen LogP contribution in [0, 0.1) is 13.8 Å². The fourth-order valence-corrected chi connectivity index (χ4v) is 3.71. The molecule has 0 spiro atoms. The van der Waals surface area contributed by atoms with Crippen LogP contribution in [0.5, 0.6) is 0 Å². The number of carbonyl (C=O) groups excluding carboxylic acids is 1. The lowest BCUT2D eigenvalue weighted by Gasteiger charge is -2.10. The van der Waals surface area contributed by atoms with E-state index in [0.717, 1.165) is 35.2 Å². The number of amides is 1. The van der Waals surface area contributed by atoms with Gasteiger partial charge in [0.2, 0.25) is 5.91 Å². The first kappa shape index (κ1) is 17.8. The molecule has 1 fully saturated rings. The number of hydrogen-bond acceptors (Lipinski definition) is 4. The number of thioether (sulfide) groups is 1. The van der Waals surface area contributed by atoms with E-state index < -0.39 is 0 Å². The molecule has 6 heteroatoms. The molecular formula is C21H22N4OS. The smallest absolute Gasteiger partial charge is 0.234 e. The summed E-state index contributed by atoms with van der Waals surface area (Å²) in [5.41, 5.74) is 4.25. The SMILES string of the molecule is Cc1ccc(NC(=O)CSc2nnc(C3CC3)n2-c2ccccc2)cc1C. The fourth-order valence-electron chi connectivity index (χ4n) is 2.95. The van der Waals surface area contributed by atoms with Crippen molar-refractivity contribution in [3.8, 4) is 5.69 Å². The molecule has 0 unspecified atom stereocenters. The Hall–Kier alpha value is -2.60. The van der Waals surface area contributed by atoms with Gasteiger partial charge in [0, 0.05) is 17.3 Å². The molecule has 138 valence electrons. The largest absolute Gasteiger partial charge is 0.325 e. The summed E-state index contributed by atoms with van der Waals surface area (Å²) in [6.45, 7) is 4.10. The quantitative estimate of drug-likeness (QED) is 0.642. The Morgan fingerprint density at radius 2 is 1.89 bits per heavy atom. The summed E-state index contributed by atoms with van der Waals surface area (Å²) in [6, 6.07) is 16.1. The third-order valence-corrected chi connectivity index (χ3v) is 5.67. The van der Waals surface area contributed by atoms with E-state index in [0.29, 0.717) is 11.7 Å². The highest BCUT2D eigenvalue weighted by atomic mass is 32.2. The highest BCUT2D eigenvalue weighted by molar-refractivity contribution is 7.99. The number of aryl methyl sites for hydroxylation is 2. The van der Waals surface area contributed by atoms with E-state index in [1.54, 1.807) is 0 Å². The van der Waals surface area contributed by atoms with Crippen LogP contribution < -0.4 is 5.32 Å². The maximum Gasteiger partial charge on any atom is 0.234 e. The Bertz CT molecular complexity index is 964. The van der Waals surface area contributed by atoms with Gasteiger partial charge in [0.15, 0.2) is 5.16 Å². The molecule has 1 amide bonds. The van der Waals surface area contributed by atoms with Crippen LogP contribution in [0.4, 0.5) is 5.69 Å². The number of nitrogens with one attached hydrogen (secondary N) is 1. The van der Waals surface area contributed by atoms with Gasteiger partial charge in [0.05, 0.1) is 5.75 Å². The summed E-state index contributed by atoms with van der Waals surface area (Å²) < 4.78 is 2.09. The van der Waals surface area contributed by atoms with Gasteiger partial charge in [0.25, 0.3) is 0 Å². The Kier molecular flexibility index (Phi) is 4.99. The Labute approximate surface area is 163 Å². The van der Waals surface area contributed by atoms with Crippen molar-refractivity contribution in [2.45, 2.75) is 37.8 Å². The van der Waals surface area contributed by atoms with E-state index in [-0.39, 0.29) is 5.91 Å². The van der Waals surface area contributed by atoms with Gasteiger partial charge in [-0.3, -0.25) is 9.36 Å². The lowest BCUT2D eigenvalue weighted by molar-refractivity contribution is -0.113. The molecule has 1 heterocycles. The summed E-state index contributed by atoms with van der Waals surface area (Å²) in [6.07, 6.45) is 2.31. The number of nitrogens with zero attached hydrogens (tertiary/aromatic N) is 3. The van der Waals surface area contributed by atoms with Crippen molar-refractivity contribution >= 4 is 23.4 Å². The maximum atomic E-state index is 12.4. The summed E-state index contributed by atoms with van der Waals surface area (Å²) in [5.74, 6) is 1.73. The van der Waals surface area contributed by atoms with Crippen LogP contribution in [0.3, 0.4) is 0 Å². The molecule has 1 aliphatic rings. The third kappa shape index (κ3) is 4.06. The van der Waals surface area contributed by atoms with Gasteiger partial charge < -0.3 is 5.32 Å². The highest BCUT2D eigenvalue weighted by Gasteiger charge is 2.31. The number of rotatable bonds is 6. The number of benzene rings is 2. The van der Waals surface area contributed by atoms with Crippen molar-refractivity contribution in [1.29, 1.82) is 0 Å². The molecule has 1 saturated carbocycles. The van der Waals surface area contributed by atoms with Crippen LogP contribution >= 0.6 is 11.8 Å². The molecule has 0 atom stereocenters. The van der Waals surface area contributed by atoms with Gasteiger partial charge in [-0.15, -0.1) is 10.2 Å². The van der Waals surface area contributed by atoms with Gasteiger partial charge in [-0.1, -0.05) is 36.0 Å². The van der Waals surface area contributed by atoms with E-state index in [1.165, 1.54) is 22.9 Å². The Morgan fingerprint density at radius 3 is 2.59 bits per heavy atom. The van der Waals surface area contributed by atoms with Crippen LogP contribution in [-0.2, 0) is 4.79 Å². The minimum absolute atomic E-state index is 0.0427. The number of hydrogen-bond donors (Lipinski definition) is 1. The van der Waals surface area contributed by atoms with Crippen LogP contribution in [0.15, 0.2) is 53.7 Å². The second kappa shape index (κ2) is 7.56. The average Bonchev–Trinajstić information content (AvgIpc) is 3.43. The van der Waals surface area contributed by atoms with E-state index in [4.69, 9.17) is 0 Å².